The van der Waals surface area contributed by atoms with Gasteiger partial charge in [0.1, 0.15) is 23.3 Å². The molecule has 0 fully saturated rings. The monoisotopic (exact) mass is 590 g/mol. The molecule has 0 bridgehead atoms. The fourth-order valence-electron chi connectivity index (χ4n) is 5.83. The van der Waals surface area contributed by atoms with E-state index in [0.717, 1.165) is 0 Å². The van der Waals surface area contributed by atoms with Crippen molar-refractivity contribution < 1.29 is 33.0 Å². The molecule has 10 heteroatoms. The van der Waals surface area contributed by atoms with E-state index in [9.17, 15) is 18.8 Å². The molecule has 1 aliphatic carbocycles. The summed E-state index contributed by atoms with van der Waals surface area (Å²) in [6.45, 7) is 0. The van der Waals surface area contributed by atoms with Gasteiger partial charge in [-0.2, -0.15) is 0 Å². The zero-order chi connectivity index (χ0) is 30.1. The van der Waals surface area contributed by atoms with Crippen molar-refractivity contribution in [3.05, 3.63) is 117 Å². The number of allylic oxidation sites excluding steroid dienone is 2. The van der Waals surface area contributed by atoms with Crippen LogP contribution in [0.4, 0.5) is 10.1 Å². The number of Topliss-reactive ketones (excluding diaryl/α,β-unsaturated/α-hetero) is 1. The minimum atomic E-state index is -1.25. The van der Waals surface area contributed by atoms with Crippen molar-refractivity contribution in [2.45, 2.75) is 18.3 Å². The molecule has 0 aromatic heterocycles. The summed E-state index contributed by atoms with van der Waals surface area (Å²) in [5.74, 6) is -5.08. The first-order chi connectivity index (χ1) is 20.2. The SMILES string of the molecule is COC(=O)C1=C(N)N(c2cccc(F)c2)C2=C(C(=O)[C@H](C(=O)OC)[C@H](c3ccc(OC)cc3)C2)[C@@H]1c1ccccc1Cl. The second-order valence-corrected chi connectivity index (χ2v) is 10.3. The van der Waals surface area contributed by atoms with Crippen LogP contribution in [0.15, 0.2) is 95.5 Å². The van der Waals surface area contributed by atoms with Gasteiger partial charge in [0.15, 0.2) is 5.78 Å². The molecule has 1 heterocycles. The van der Waals surface area contributed by atoms with E-state index in [2.05, 4.69) is 0 Å². The standard InChI is InChI=1S/C32H28ClFN2O6/c1-40-20-13-11-17(12-14-20)22-16-24-27(29(37)26(22)31(38)41-2)25(21-9-4-5-10-23(21)33)28(32(39)42-3)30(35)36(24)19-8-6-7-18(34)15-19/h4-15,22,25-26H,16,35H2,1-3H3/t22-,25-,26+/m0/s1. The first kappa shape index (κ1) is 28.9. The Labute approximate surface area is 247 Å². The minimum Gasteiger partial charge on any atom is -0.497 e. The molecule has 5 rings (SSSR count). The zero-order valence-corrected chi connectivity index (χ0v) is 23.9. The Bertz CT molecular complexity index is 1630. The van der Waals surface area contributed by atoms with E-state index in [4.69, 9.17) is 31.5 Å². The van der Waals surface area contributed by atoms with Crippen LogP contribution in [0.5, 0.6) is 5.75 Å². The van der Waals surface area contributed by atoms with E-state index in [1.807, 2.05) is 0 Å². The Morgan fingerprint density at radius 1 is 0.976 bits per heavy atom. The molecule has 0 saturated carbocycles. The number of nitrogens with zero attached hydrogens (tertiary/aromatic N) is 1. The van der Waals surface area contributed by atoms with Gasteiger partial charge in [-0.3, -0.25) is 14.5 Å². The maximum Gasteiger partial charge on any atom is 0.338 e. The zero-order valence-electron chi connectivity index (χ0n) is 23.1. The van der Waals surface area contributed by atoms with Crippen LogP contribution in [-0.4, -0.2) is 39.1 Å². The summed E-state index contributed by atoms with van der Waals surface area (Å²) in [5, 5.41) is 0.280. The first-order valence-electron chi connectivity index (χ1n) is 13.1. The predicted octanol–water partition coefficient (Wildman–Crippen LogP) is 5.23. The lowest BCUT2D eigenvalue weighted by molar-refractivity contribution is -0.150. The number of halogens is 2. The van der Waals surface area contributed by atoms with Gasteiger partial charge in [0.2, 0.25) is 0 Å². The Balaban J connectivity index is 1.83. The van der Waals surface area contributed by atoms with E-state index in [-0.39, 0.29) is 34.1 Å². The lowest BCUT2D eigenvalue weighted by Gasteiger charge is -2.44. The Morgan fingerprint density at radius 3 is 2.31 bits per heavy atom. The van der Waals surface area contributed by atoms with Crippen LogP contribution in [-0.2, 0) is 23.9 Å². The van der Waals surface area contributed by atoms with Gasteiger partial charge in [-0.25, -0.2) is 9.18 Å². The molecule has 0 unspecified atom stereocenters. The van der Waals surface area contributed by atoms with Crippen LogP contribution in [0.1, 0.15) is 29.4 Å². The Kier molecular flexibility index (Phi) is 8.04. The van der Waals surface area contributed by atoms with E-state index in [1.165, 1.54) is 44.4 Å². The molecule has 8 nitrogen and oxygen atoms in total. The summed E-state index contributed by atoms with van der Waals surface area (Å²) in [6, 6.07) is 19.4. The average molecular weight is 591 g/mol. The second kappa shape index (κ2) is 11.7. The van der Waals surface area contributed by atoms with Gasteiger partial charge in [-0.1, -0.05) is 48.0 Å². The summed E-state index contributed by atoms with van der Waals surface area (Å²) in [7, 11) is 3.95. The maximum absolute atomic E-state index is 14.6. The molecule has 1 aliphatic heterocycles. The van der Waals surface area contributed by atoms with Gasteiger partial charge in [-0.05, 0) is 53.9 Å². The number of esters is 2. The third kappa shape index (κ3) is 4.90. The third-order valence-corrected chi connectivity index (χ3v) is 8.07. The number of carbonyl (C=O) groups is 3. The van der Waals surface area contributed by atoms with Gasteiger partial charge in [0, 0.05) is 22.2 Å². The molecular formula is C32H28ClFN2O6. The molecule has 0 radical (unpaired) electrons. The van der Waals surface area contributed by atoms with E-state index in [1.54, 1.807) is 54.6 Å². The van der Waals surface area contributed by atoms with E-state index < -0.39 is 41.3 Å². The van der Waals surface area contributed by atoms with Crippen molar-refractivity contribution in [3.63, 3.8) is 0 Å². The van der Waals surface area contributed by atoms with Crippen LogP contribution >= 0.6 is 11.6 Å². The number of rotatable bonds is 6. The van der Waals surface area contributed by atoms with Crippen molar-refractivity contribution in [2.24, 2.45) is 11.7 Å². The summed E-state index contributed by atoms with van der Waals surface area (Å²) in [5.41, 5.74) is 8.60. The lowest BCUT2D eigenvalue weighted by Crippen LogP contribution is -2.46. The van der Waals surface area contributed by atoms with Crippen LogP contribution in [0.3, 0.4) is 0 Å². The van der Waals surface area contributed by atoms with Crippen molar-refractivity contribution in [2.75, 3.05) is 26.2 Å². The normalized spacial score (nSPS) is 20.3. The van der Waals surface area contributed by atoms with Crippen molar-refractivity contribution in [1.82, 2.24) is 0 Å². The molecule has 0 spiro atoms. The molecular weight excluding hydrogens is 563 g/mol. The minimum absolute atomic E-state index is 0.0473. The molecule has 0 saturated heterocycles. The highest BCUT2D eigenvalue weighted by atomic mass is 35.5. The summed E-state index contributed by atoms with van der Waals surface area (Å²) < 4.78 is 30.1. The Hall–Kier alpha value is -4.63. The molecule has 2 N–H and O–H groups in total. The highest BCUT2D eigenvalue weighted by Crippen LogP contribution is 2.52. The van der Waals surface area contributed by atoms with Gasteiger partial charge < -0.3 is 19.9 Å². The van der Waals surface area contributed by atoms with Crippen molar-refractivity contribution >= 4 is 35.0 Å². The van der Waals surface area contributed by atoms with E-state index >= 15 is 0 Å². The van der Waals surface area contributed by atoms with Crippen LogP contribution in [0, 0.1) is 11.7 Å². The number of anilines is 1. The fraction of sp³-hybridized carbons (Fsp3) is 0.219. The first-order valence-corrected chi connectivity index (χ1v) is 13.5. The van der Waals surface area contributed by atoms with Crippen LogP contribution in [0.25, 0.3) is 0 Å². The smallest absolute Gasteiger partial charge is 0.338 e. The number of hydrogen-bond acceptors (Lipinski definition) is 8. The molecule has 3 aromatic carbocycles. The second-order valence-electron chi connectivity index (χ2n) is 9.87. The van der Waals surface area contributed by atoms with Crippen LogP contribution in [0.2, 0.25) is 5.02 Å². The average Bonchev–Trinajstić information content (AvgIpc) is 3.00. The molecule has 0 amide bonds. The topological polar surface area (TPSA) is 108 Å². The number of hydrogen-bond donors (Lipinski definition) is 1. The summed E-state index contributed by atoms with van der Waals surface area (Å²) in [6.07, 6.45) is 0.125. The number of ether oxygens (including phenoxy) is 3. The number of ketones is 1. The molecule has 42 heavy (non-hydrogen) atoms. The largest absolute Gasteiger partial charge is 0.497 e. The van der Waals surface area contributed by atoms with E-state index in [0.29, 0.717) is 22.6 Å². The summed E-state index contributed by atoms with van der Waals surface area (Å²) in [4.78, 5) is 42.8. The summed E-state index contributed by atoms with van der Waals surface area (Å²) >= 11 is 6.63. The number of nitrogens with two attached hydrogens (primary N) is 1. The van der Waals surface area contributed by atoms with Crippen molar-refractivity contribution in [3.8, 4) is 5.75 Å². The molecule has 216 valence electrons. The molecule has 2 aliphatic rings. The number of carbonyl (C=O) groups excluding carboxylic acids is 3. The molecule has 3 aromatic rings. The van der Waals surface area contributed by atoms with Crippen LogP contribution < -0.4 is 15.4 Å². The van der Waals surface area contributed by atoms with Gasteiger partial charge in [-0.15, -0.1) is 0 Å². The highest BCUT2D eigenvalue weighted by Gasteiger charge is 2.51. The van der Waals surface area contributed by atoms with Gasteiger partial charge in [0.25, 0.3) is 0 Å². The lowest BCUT2D eigenvalue weighted by atomic mass is 9.67. The number of methoxy groups -OCH3 is 3. The third-order valence-electron chi connectivity index (χ3n) is 7.73. The molecule has 3 atom stereocenters. The highest BCUT2D eigenvalue weighted by molar-refractivity contribution is 6.31. The fourth-order valence-corrected chi connectivity index (χ4v) is 6.07. The van der Waals surface area contributed by atoms with Gasteiger partial charge in [0.05, 0.1) is 38.5 Å². The number of benzene rings is 3. The van der Waals surface area contributed by atoms with Gasteiger partial charge >= 0.3 is 11.9 Å². The predicted molar refractivity (Wildman–Crippen MR) is 154 cm³/mol. The quantitative estimate of drug-likeness (QED) is 0.307. The van der Waals surface area contributed by atoms with Crippen molar-refractivity contribution in [1.29, 1.82) is 0 Å². The maximum atomic E-state index is 14.6. The Morgan fingerprint density at radius 2 is 1.69 bits per heavy atom.